The van der Waals surface area contributed by atoms with E-state index in [0.717, 1.165) is 13.1 Å². The van der Waals surface area contributed by atoms with Gasteiger partial charge in [-0.15, -0.1) is 0 Å². The maximum atomic E-state index is 5.23. The molecule has 2 rings (SSSR count). The lowest BCUT2D eigenvalue weighted by Gasteiger charge is -2.19. The molecular weight excluding hydrogens is 262 g/mol. The maximum absolute atomic E-state index is 5.23. The van der Waals surface area contributed by atoms with E-state index >= 15 is 0 Å². The van der Waals surface area contributed by atoms with Crippen LogP contribution in [0.25, 0.3) is 11.6 Å². The van der Waals surface area contributed by atoms with Gasteiger partial charge < -0.3 is 18.4 Å². The van der Waals surface area contributed by atoms with Gasteiger partial charge in [0.2, 0.25) is 11.7 Å². The molecule has 7 nitrogen and oxygen atoms in total. The van der Waals surface area contributed by atoms with Crippen molar-refractivity contribution in [3.05, 3.63) is 24.3 Å². The number of methoxy groups -OCH3 is 2. The summed E-state index contributed by atoms with van der Waals surface area (Å²) in [5.41, 5.74) is 0. The van der Waals surface area contributed by atoms with E-state index in [1.54, 1.807) is 32.6 Å². The first-order valence-electron chi connectivity index (χ1n) is 6.40. The average molecular weight is 281 g/mol. The quantitative estimate of drug-likeness (QED) is 0.688. The van der Waals surface area contributed by atoms with E-state index in [0.29, 0.717) is 37.2 Å². The molecule has 0 atom stereocenters. The van der Waals surface area contributed by atoms with E-state index in [-0.39, 0.29) is 0 Å². The van der Waals surface area contributed by atoms with E-state index in [2.05, 4.69) is 15.0 Å². The molecule has 20 heavy (non-hydrogen) atoms. The molecule has 0 radical (unpaired) electrons. The Morgan fingerprint density at radius 3 is 2.55 bits per heavy atom. The fourth-order valence-electron chi connectivity index (χ4n) is 1.73. The lowest BCUT2D eigenvalue weighted by atomic mass is 10.4. The van der Waals surface area contributed by atoms with Gasteiger partial charge in [-0.05, 0) is 12.1 Å². The molecular formula is C13H19N3O4. The van der Waals surface area contributed by atoms with Crippen LogP contribution in [-0.4, -0.2) is 55.6 Å². The van der Waals surface area contributed by atoms with Crippen molar-refractivity contribution >= 4 is 0 Å². The largest absolute Gasteiger partial charge is 0.461 e. The Labute approximate surface area is 117 Å². The Kier molecular flexibility index (Phi) is 5.72. The fourth-order valence-corrected chi connectivity index (χ4v) is 1.73. The van der Waals surface area contributed by atoms with Gasteiger partial charge >= 0.3 is 0 Å². The van der Waals surface area contributed by atoms with Gasteiger partial charge in [-0.25, -0.2) is 0 Å². The minimum absolute atomic E-state index is 0.462. The molecule has 0 bridgehead atoms. The van der Waals surface area contributed by atoms with Crippen molar-refractivity contribution in [3.63, 3.8) is 0 Å². The minimum atomic E-state index is 0.462. The molecule has 2 aromatic rings. The lowest BCUT2D eigenvalue weighted by Crippen LogP contribution is -2.30. The second kappa shape index (κ2) is 7.78. The van der Waals surface area contributed by atoms with E-state index in [9.17, 15) is 0 Å². The van der Waals surface area contributed by atoms with E-state index in [4.69, 9.17) is 18.4 Å². The number of ether oxygens (including phenoxy) is 2. The number of rotatable bonds is 9. The van der Waals surface area contributed by atoms with Crippen LogP contribution in [0.1, 0.15) is 5.89 Å². The van der Waals surface area contributed by atoms with Gasteiger partial charge in [-0.1, -0.05) is 5.16 Å². The number of aromatic nitrogens is 2. The molecule has 0 aliphatic rings. The monoisotopic (exact) mass is 281 g/mol. The first-order valence-corrected chi connectivity index (χ1v) is 6.40. The van der Waals surface area contributed by atoms with Crippen LogP contribution >= 0.6 is 0 Å². The predicted molar refractivity (Wildman–Crippen MR) is 71.0 cm³/mol. The molecule has 0 aliphatic carbocycles. The summed E-state index contributed by atoms with van der Waals surface area (Å²) in [4.78, 5) is 6.45. The van der Waals surface area contributed by atoms with Gasteiger partial charge in [0.05, 0.1) is 26.0 Å². The molecule has 0 unspecified atom stereocenters. The number of hydrogen-bond acceptors (Lipinski definition) is 7. The van der Waals surface area contributed by atoms with Gasteiger partial charge in [-0.2, -0.15) is 4.98 Å². The van der Waals surface area contributed by atoms with E-state index in [1.165, 1.54) is 0 Å². The van der Waals surface area contributed by atoms with Crippen LogP contribution in [0.4, 0.5) is 0 Å². The van der Waals surface area contributed by atoms with E-state index < -0.39 is 0 Å². The Hall–Kier alpha value is -1.70. The third-order valence-corrected chi connectivity index (χ3v) is 2.79. The second-order valence-corrected chi connectivity index (χ2v) is 4.25. The van der Waals surface area contributed by atoms with Crippen molar-refractivity contribution < 1.29 is 18.4 Å². The SMILES string of the molecule is COCCN(CCOC)Cc1nc(-c2ccco2)no1. The molecule has 0 amide bonds. The molecule has 0 aromatic carbocycles. The van der Waals surface area contributed by atoms with Crippen LogP contribution in [0.15, 0.2) is 27.3 Å². The summed E-state index contributed by atoms with van der Waals surface area (Å²) >= 11 is 0. The van der Waals surface area contributed by atoms with Gasteiger partial charge in [0.15, 0.2) is 5.76 Å². The Bertz CT molecular complexity index is 476. The third-order valence-electron chi connectivity index (χ3n) is 2.79. The Morgan fingerprint density at radius 1 is 1.20 bits per heavy atom. The molecule has 0 saturated heterocycles. The van der Waals surface area contributed by atoms with Gasteiger partial charge in [-0.3, -0.25) is 4.90 Å². The molecule has 0 N–H and O–H groups in total. The summed E-state index contributed by atoms with van der Waals surface area (Å²) in [6.07, 6.45) is 1.58. The second-order valence-electron chi connectivity index (χ2n) is 4.25. The van der Waals surface area contributed by atoms with Crippen LogP contribution in [0, 0.1) is 0 Å². The van der Waals surface area contributed by atoms with Crippen molar-refractivity contribution in [2.24, 2.45) is 0 Å². The molecule has 2 aromatic heterocycles. The first kappa shape index (κ1) is 14.7. The summed E-state index contributed by atoms with van der Waals surface area (Å²) in [6.45, 7) is 3.39. The van der Waals surface area contributed by atoms with Crippen molar-refractivity contribution in [1.29, 1.82) is 0 Å². The lowest BCUT2D eigenvalue weighted by molar-refractivity contribution is 0.103. The van der Waals surface area contributed by atoms with Crippen molar-refractivity contribution in [3.8, 4) is 11.6 Å². The van der Waals surface area contributed by atoms with Gasteiger partial charge in [0.1, 0.15) is 0 Å². The van der Waals surface area contributed by atoms with Crippen LogP contribution in [0.3, 0.4) is 0 Å². The molecule has 110 valence electrons. The topological polar surface area (TPSA) is 73.8 Å². The summed E-state index contributed by atoms with van der Waals surface area (Å²) < 4.78 is 20.6. The van der Waals surface area contributed by atoms with Crippen LogP contribution < -0.4 is 0 Å². The van der Waals surface area contributed by atoms with Crippen LogP contribution in [-0.2, 0) is 16.0 Å². The number of hydrogen-bond donors (Lipinski definition) is 0. The Balaban J connectivity index is 1.95. The number of nitrogens with zero attached hydrogens (tertiary/aromatic N) is 3. The number of furan rings is 1. The average Bonchev–Trinajstić information content (AvgIpc) is 3.12. The predicted octanol–water partition coefficient (Wildman–Crippen LogP) is 1.42. The summed E-state index contributed by atoms with van der Waals surface area (Å²) in [5.74, 6) is 1.60. The van der Waals surface area contributed by atoms with Gasteiger partial charge in [0.25, 0.3) is 0 Å². The standard InChI is InChI=1S/C13H19N3O4/c1-17-8-5-16(6-9-18-2)10-12-14-13(15-20-12)11-4-3-7-19-11/h3-4,7H,5-6,8-10H2,1-2H3. The summed E-state index contributed by atoms with van der Waals surface area (Å²) in [6, 6.07) is 3.58. The van der Waals surface area contributed by atoms with E-state index in [1.807, 2.05) is 0 Å². The molecule has 2 heterocycles. The zero-order chi connectivity index (χ0) is 14.2. The molecule has 0 fully saturated rings. The molecule has 0 spiro atoms. The Morgan fingerprint density at radius 2 is 1.95 bits per heavy atom. The van der Waals surface area contributed by atoms with Crippen molar-refractivity contribution in [1.82, 2.24) is 15.0 Å². The first-order chi connectivity index (χ1) is 9.83. The van der Waals surface area contributed by atoms with Gasteiger partial charge in [0, 0.05) is 27.3 Å². The molecule has 0 aliphatic heterocycles. The zero-order valence-corrected chi connectivity index (χ0v) is 11.7. The highest BCUT2D eigenvalue weighted by molar-refractivity contribution is 5.44. The fraction of sp³-hybridized carbons (Fsp3) is 0.538. The zero-order valence-electron chi connectivity index (χ0n) is 11.7. The maximum Gasteiger partial charge on any atom is 0.241 e. The summed E-state index contributed by atoms with van der Waals surface area (Å²) in [7, 11) is 3.35. The molecule has 7 heteroatoms. The molecule has 0 saturated carbocycles. The minimum Gasteiger partial charge on any atom is -0.461 e. The third kappa shape index (κ3) is 4.16. The smallest absolute Gasteiger partial charge is 0.241 e. The normalized spacial score (nSPS) is 11.3. The summed E-state index contributed by atoms with van der Waals surface area (Å²) in [5, 5.41) is 3.90. The van der Waals surface area contributed by atoms with Crippen LogP contribution in [0.2, 0.25) is 0 Å². The van der Waals surface area contributed by atoms with Crippen molar-refractivity contribution in [2.45, 2.75) is 6.54 Å². The van der Waals surface area contributed by atoms with Crippen molar-refractivity contribution in [2.75, 3.05) is 40.5 Å². The van der Waals surface area contributed by atoms with Crippen LogP contribution in [0.5, 0.6) is 0 Å². The highest BCUT2D eigenvalue weighted by Crippen LogP contribution is 2.16. The highest BCUT2D eigenvalue weighted by atomic mass is 16.5. The highest BCUT2D eigenvalue weighted by Gasteiger charge is 2.14.